The third-order valence-electron chi connectivity index (χ3n) is 1.70. The van der Waals surface area contributed by atoms with Crippen molar-refractivity contribution in [2.24, 2.45) is 10.8 Å². The highest BCUT2D eigenvalue weighted by atomic mass is 32.2. The molecule has 0 aliphatic rings. The van der Waals surface area contributed by atoms with Gasteiger partial charge in [-0.2, -0.15) is 0 Å². The van der Waals surface area contributed by atoms with Crippen LogP contribution in [-0.2, 0) is 14.8 Å². The molecule has 0 fully saturated rings. The van der Waals surface area contributed by atoms with Gasteiger partial charge in [0.15, 0.2) is 0 Å². The van der Waals surface area contributed by atoms with Crippen LogP contribution in [0.1, 0.15) is 6.42 Å². The Morgan fingerprint density at radius 1 is 1.41 bits per heavy atom. The number of ether oxygens (including phenoxy) is 1. The molecule has 17 heavy (non-hydrogen) atoms. The van der Waals surface area contributed by atoms with Crippen molar-refractivity contribution < 1.29 is 13.2 Å². The average molecular weight is 267 g/mol. The summed E-state index contributed by atoms with van der Waals surface area (Å²) in [6.45, 7) is 1.98. The Hall–Kier alpha value is -0.900. The predicted octanol–water partition coefficient (Wildman–Crippen LogP) is -2.02. The van der Waals surface area contributed by atoms with Gasteiger partial charge >= 0.3 is 0 Å². The summed E-state index contributed by atoms with van der Waals surface area (Å²) >= 11 is 0. The molecule has 0 saturated heterocycles. The molecule has 5 N–H and O–H groups in total. The molecular formula is C8H21N5O3S. The Kier molecular flexibility index (Phi) is 8.68. The molecule has 0 unspecified atom stereocenters. The van der Waals surface area contributed by atoms with E-state index in [1.807, 2.05) is 0 Å². The first kappa shape index (κ1) is 16.1. The first-order valence-corrected chi connectivity index (χ1v) is 7.07. The number of methoxy groups -OCH3 is 1. The monoisotopic (exact) mass is 267 g/mol. The minimum Gasteiger partial charge on any atom is -0.383 e. The summed E-state index contributed by atoms with van der Waals surface area (Å²) in [5, 5.41) is 2.93. The van der Waals surface area contributed by atoms with Gasteiger partial charge < -0.3 is 10.1 Å². The molecule has 0 bridgehead atoms. The van der Waals surface area contributed by atoms with Gasteiger partial charge in [-0.05, 0) is 6.42 Å². The van der Waals surface area contributed by atoms with Crippen LogP contribution in [0.5, 0.6) is 0 Å². The fraction of sp³-hybridized carbons (Fsp3) is 0.875. The summed E-state index contributed by atoms with van der Waals surface area (Å²) < 4.78 is 28.7. The van der Waals surface area contributed by atoms with Crippen molar-refractivity contribution >= 4 is 16.0 Å². The minimum absolute atomic E-state index is 0.359. The summed E-state index contributed by atoms with van der Waals surface area (Å²) in [6, 6.07) is 0. The highest BCUT2D eigenvalue weighted by molar-refractivity contribution is 7.88. The van der Waals surface area contributed by atoms with Gasteiger partial charge in [0.2, 0.25) is 16.0 Å². The zero-order chi connectivity index (χ0) is 13.1. The third-order valence-corrected chi connectivity index (χ3v) is 2.43. The van der Waals surface area contributed by atoms with Gasteiger partial charge in [-0.3, -0.25) is 10.4 Å². The van der Waals surface area contributed by atoms with Crippen LogP contribution in [0.3, 0.4) is 0 Å². The molecule has 9 heteroatoms. The number of nitrogens with two attached hydrogens (primary N) is 1. The van der Waals surface area contributed by atoms with E-state index in [2.05, 4.69) is 20.5 Å². The molecule has 0 aromatic heterocycles. The summed E-state index contributed by atoms with van der Waals surface area (Å²) in [7, 11) is -1.52. The molecule has 0 aromatic rings. The zero-order valence-corrected chi connectivity index (χ0v) is 11.0. The fourth-order valence-corrected chi connectivity index (χ4v) is 1.47. The Bertz CT molecular complexity index is 317. The number of hydrazine groups is 1. The molecule has 0 heterocycles. The van der Waals surface area contributed by atoms with Crippen molar-refractivity contribution in [2.75, 3.05) is 39.6 Å². The smallest absolute Gasteiger partial charge is 0.208 e. The lowest BCUT2D eigenvalue weighted by Gasteiger charge is -2.08. The van der Waals surface area contributed by atoms with Crippen molar-refractivity contribution in [2.45, 2.75) is 6.42 Å². The van der Waals surface area contributed by atoms with Gasteiger partial charge in [0.05, 0.1) is 12.9 Å². The second-order valence-corrected chi connectivity index (χ2v) is 5.15. The van der Waals surface area contributed by atoms with Gasteiger partial charge in [0.25, 0.3) is 0 Å². The van der Waals surface area contributed by atoms with E-state index in [1.54, 1.807) is 7.11 Å². The van der Waals surface area contributed by atoms with Crippen LogP contribution in [0.25, 0.3) is 0 Å². The predicted molar refractivity (Wildman–Crippen MR) is 67.0 cm³/mol. The second kappa shape index (κ2) is 9.16. The molecule has 0 aliphatic carbocycles. The van der Waals surface area contributed by atoms with Crippen molar-refractivity contribution in [3.8, 4) is 0 Å². The second-order valence-electron chi connectivity index (χ2n) is 3.31. The number of aliphatic imine (C=N–C) groups is 1. The van der Waals surface area contributed by atoms with Crippen molar-refractivity contribution in [1.82, 2.24) is 15.5 Å². The Labute approximate surface area is 102 Å². The molecular weight excluding hydrogens is 246 g/mol. The van der Waals surface area contributed by atoms with E-state index in [1.165, 1.54) is 0 Å². The molecule has 0 rings (SSSR count). The number of nitrogens with zero attached hydrogens (tertiary/aromatic N) is 1. The number of hydrogen-bond acceptors (Lipinski definition) is 5. The molecule has 0 saturated carbocycles. The number of sulfonamides is 1. The van der Waals surface area contributed by atoms with Crippen LogP contribution < -0.4 is 21.3 Å². The summed E-state index contributed by atoms with van der Waals surface area (Å²) in [5.74, 6) is 5.70. The molecule has 0 amide bonds. The Morgan fingerprint density at radius 2 is 2.12 bits per heavy atom. The highest BCUT2D eigenvalue weighted by Crippen LogP contribution is 1.82. The van der Waals surface area contributed by atoms with Crippen LogP contribution in [0.4, 0.5) is 0 Å². The van der Waals surface area contributed by atoms with Gasteiger partial charge in [-0.25, -0.2) is 19.0 Å². The van der Waals surface area contributed by atoms with E-state index in [0.717, 1.165) is 6.26 Å². The maximum absolute atomic E-state index is 10.8. The largest absolute Gasteiger partial charge is 0.383 e. The van der Waals surface area contributed by atoms with Crippen LogP contribution in [0.15, 0.2) is 4.99 Å². The number of nitrogens with one attached hydrogen (secondary N) is 3. The molecule has 102 valence electrons. The topological polar surface area (TPSA) is 118 Å². The summed E-state index contributed by atoms with van der Waals surface area (Å²) in [6.07, 6.45) is 1.72. The van der Waals surface area contributed by atoms with E-state index in [9.17, 15) is 8.42 Å². The lowest BCUT2D eigenvalue weighted by molar-refractivity contribution is 0.203. The SMILES string of the molecule is COCCNC(=NCCCNS(C)(=O)=O)NN. The quantitative estimate of drug-likeness (QED) is 0.133. The Morgan fingerprint density at radius 3 is 2.65 bits per heavy atom. The van der Waals surface area contributed by atoms with Gasteiger partial charge in [0, 0.05) is 26.7 Å². The van der Waals surface area contributed by atoms with E-state index >= 15 is 0 Å². The zero-order valence-electron chi connectivity index (χ0n) is 10.2. The number of rotatable bonds is 8. The van der Waals surface area contributed by atoms with Crippen LogP contribution in [0, 0.1) is 0 Å². The van der Waals surface area contributed by atoms with Gasteiger partial charge in [-0.15, -0.1) is 0 Å². The van der Waals surface area contributed by atoms with Crippen molar-refractivity contribution in [1.29, 1.82) is 0 Å². The maximum atomic E-state index is 10.8. The van der Waals surface area contributed by atoms with E-state index < -0.39 is 10.0 Å². The van der Waals surface area contributed by atoms with Crippen LogP contribution >= 0.6 is 0 Å². The van der Waals surface area contributed by atoms with Crippen LogP contribution in [0.2, 0.25) is 0 Å². The third kappa shape index (κ3) is 11.4. The van der Waals surface area contributed by atoms with Crippen LogP contribution in [-0.4, -0.2) is 54.0 Å². The molecule has 8 nitrogen and oxygen atoms in total. The molecule has 0 aliphatic heterocycles. The normalized spacial score (nSPS) is 12.5. The Balaban J connectivity index is 3.71. The molecule has 0 aromatic carbocycles. The molecule has 0 radical (unpaired) electrons. The first-order valence-electron chi connectivity index (χ1n) is 5.18. The van der Waals surface area contributed by atoms with Gasteiger partial charge in [-0.1, -0.05) is 0 Å². The lowest BCUT2D eigenvalue weighted by Crippen LogP contribution is -2.43. The van der Waals surface area contributed by atoms with E-state index in [-0.39, 0.29) is 0 Å². The molecule has 0 spiro atoms. The van der Waals surface area contributed by atoms with E-state index in [0.29, 0.717) is 38.6 Å². The number of guanidine groups is 1. The van der Waals surface area contributed by atoms with Crippen molar-refractivity contribution in [3.63, 3.8) is 0 Å². The molecule has 0 atom stereocenters. The lowest BCUT2D eigenvalue weighted by atomic mass is 10.4. The highest BCUT2D eigenvalue weighted by Gasteiger charge is 1.98. The maximum Gasteiger partial charge on any atom is 0.208 e. The van der Waals surface area contributed by atoms with Gasteiger partial charge in [0.1, 0.15) is 0 Å². The standard InChI is InChI=1S/C8H21N5O3S/c1-16-7-6-11-8(13-9)10-4-3-5-12-17(2,14)15/h12H,3-7,9H2,1-2H3,(H2,10,11,13). The average Bonchev–Trinajstić information content (AvgIpc) is 2.25. The first-order chi connectivity index (χ1) is 7.99. The fourth-order valence-electron chi connectivity index (χ4n) is 0.952. The summed E-state index contributed by atoms with van der Waals surface area (Å²) in [4.78, 5) is 4.11. The van der Waals surface area contributed by atoms with Crippen molar-refractivity contribution in [3.05, 3.63) is 0 Å². The minimum atomic E-state index is -3.12. The van der Waals surface area contributed by atoms with E-state index in [4.69, 9.17) is 10.6 Å². The number of hydrogen-bond donors (Lipinski definition) is 4. The summed E-state index contributed by atoms with van der Waals surface area (Å²) in [5.41, 5.74) is 2.41.